The average Bonchev–Trinajstić information content (AvgIpc) is 3.00. The van der Waals surface area contributed by atoms with Crippen LogP contribution in [0.2, 0.25) is 0 Å². The summed E-state index contributed by atoms with van der Waals surface area (Å²) < 4.78 is 5.16. The molecule has 0 aliphatic heterocycles. The molecule has 6 heteroatoms. The number of hydrogen-bond donors (Lipinski definition) is 2. The Kier molecular flexibility index (Phi) is 5.72. The molecule has 0 saturated heterocycles. The fourth-order valence-corrected chi connectivity index (χ4v) is 2.25. The molecule has 6 nitrogen and oxygen atoms in total. The van der Waals surface area contributed by atoms with Gasteiger partial charge in [0.1, 0.15) is 0 Å². The lowest BCUT2D eigenvalue weighted by Gasteiger charge is -2.14. The van der Waals surface area contributed by atoms with E-state index in [2.05, 4.69) is 15.5 Å². The van der Waals surface area contributed by atoms with Gasteiger partial charge in [0.25, 0.3) is 0 Å². The maximum absolute atomic E-state index is 11.9. The summed E-state index contributed by atoms with van der Waals surface area (Å²) in [5.41, 5.74) is 1.64. The van der Waals surface area contributed by atoms with Gasteiger partial charge in [-0.05, 0) is 18.1 Å². The van der Waals surface area contributed by atoms with Crippen LogP contribution in [-0.4, -0.2) is 27.7 Å². The molecule has 2 rings (SSSR count). The van der Waals surface area contributed by atoms with Crippen LogP contribution in [0.4, 0.5) is 0 Å². The number of benzene rings is 1. The largest absolute Gasteiger partial charge is 0.387 e. The first kappa shape index (κ1) is 18.1. The zero-order valence-corrected chi connectivity index (χ0v) is 14.7. The summed E-state index contributed by atoms with van der Waals surface area (Å²) >= 11 is 0. The molecule has 1 unspecified atom stereocenters. The molecule has 0 aliphatic rings. The number of amides is 1. The van der Waals surface area contributed by atoms with Gasteiger partial charge in [-0.3, -0.25) is 4.79 Å². The third kappa shape index (κ3) is 4.89. The van der Waals surface area contributed by atoms with Gasteiger partial charge in [0.15, 0.2) is 5.82 Å². The zero-order chi connectivity index (χ0) is 17.7. The highest BCUT2D eigenvalue weighted by molar-refractivity contribution is 5.76. The molecule has 2 aromatic rings. The number of carbonyl (C=O) groups excluding carboxylic acids is 1. The molecule has 1 amide bonds. The Balaban J connectivity index is 1.79. The quantitative estimate of drug-likeness (QED) is 0.849. The van der Waals surface area contributed by atoms with Crippen molar-refractivity contribution in [3.05, 3.63) is 47.1 Å². The Hall–Kier alpha value is -2.21. The number of hydrogen-bond acceptors (Lipinski definition) is 5. The molecular weight excluding hydrogens is 306 g/mol. The molecule has 1 aromatic carbocycles. The van der Waals surface area contributed by atoms with Crippen LogP contribution in [-0.2, 0) is 16.6 Å². The minimum absolute atomic E-state index is 0.154. The zero-order valence-electron chi connectivity index (χ0n) is 14.7. The van der Waals surface area contributed by atoms with E-state index in [1.807, 2.05) is 52.0 Å². The SMILES string of the molecule is Cc1ccccc1C(O)CNC(=O)CCc1nc(C(C)(C)C)no1. The van der Waals surface area contributed by atoms with Gasteiger partial charge in [-0.25, -0.2) is 0 Å². The number of aromatic nitrogens is 2. The molecule has 0 radical (unpaired) electrons. The number of rotatable bonds is 6. The van der Waals surface area contributed by atoms with E-state index in [1.54, 1.807) is 0 Å². The standard InChI is InChI=1S/C18H25N3O3/c1-12-7-5-6-8-13(12)14(22)11-19-15(23)9-10-16-20-17(21-24-16)18(2,3)4/h5-8,14,22H,9-11H2,1-4H3,(H,19,23). The molecule has 0 aliphatic carbocycles. The van der Waals surface area contributed by atoms with Crippen molar-refractivity contribution >= 4 is 5.91 Å². The lowest BCUT2D eigenvalue weighted by molar-refractivity contribution is -0.121. The van der Waals surface area contributed by atoms with Crippen LogP contribution in [0.25, 0.3) is 0 Å². The molecule has 1 aromatic heterocycles. The monoisotopic (exact) mass is 331 g/mol. The number of aliphatic hydroxyl groups excluding tert-OH is 1. The van der Waals surface area contributed by atoms with Crippen molar-refractivity contribution < 1.29 is 14.4 Å². The van der Waals surface area contributed by atoms with Gasteiger partial charge < -0.3 is 14.9 Å². The summed E-state index contributed by atoms with van der Waals surface area (Å²) in [5.74, 6) is 0.931. The minimum Gasteiger partial charge on any atom is -0.387 e. The van der Waals surface area contributed by atoms with Gasteiger partial charge in [0.2, 0.25) is 11.8 Å². The summed E-state index contributed by atoms with van der Waals surface area (Å²) in [7, 11) is 0. The van der Waals surface area contributed by atoms with E-state index in [4.69, 9.17) is 4.52 Å². The summed E-state index contributed by atoms with van der Waals surface area (Å²) in [5, 5.41) is 16.8. The average molecular weight is 331 g/mol. The molecule has 0 bridgehead atoms. The van der Waals surface area contributed by atoms with Crippen molar-refractivity contribution in [1.82, 2.24) is 15.5 Å². The van der Waals surface area contributed by atoms with Gasteiger partial charge in [-0.2, -0.15) is 4.98 Å². The van der Waals surface area contributed by atoms with Crippen LogP contribution in [0, 0.1) is 6.92 Å². The second-order valence-corrected chi connectivity index (χ2v) is 6.94. The second-order valence-electron chi connectivity index (χ2n) is 6.94. The third-order valence-electron chi connectivity index (χ3n) is 3.74. The molecule has 130 valence electrons. The van der Waals surface area contributed by atoms with Crippen LogP contribution >= 0.6 is 0 Å². The Morgan fingerprint density at radius 2 is 2.04 bits per heavy atom. The summed E-state index contributed by atoms with van der Waals surface area (Å²) in [6.07, 6.45) is -0.0900. The van der Waals surface area contributed by atoms with E-state index in [0.29, 0.717) is 18.1 Å². The second kappa shape index (κ2) is 7.57. The van der Waals surface area contributed by atoms with Crippen LogP contribution < -0.4 is 5.32 Å². The van der Waals surface area contributed by atoms with Crippen molar-refractivity contribution in [2.75, 3.05) is 6.54 Å². The molecule has 24 heavy (non-hydrogen) atoms. The topological polar surface area (TPSA) is 88.2 Å². The summed E-state index contributed by atoms with van der Waals surface area (Å²) in [6.45, 7) is 8.12. The lowest BCUT2D eigenvalue weighted by atomic mass is 9.96. The highest BCUT2D eigenvalue weighted by Crippen LogP contribution is 2.19. The van der Waals surface area contributed by atoms with Crippen molar-refractivity contribution in [3.63, 3.8) is 0 Å². The number of aliphatic hydroxyl groups is 1. The van der Waals surface area contributed by atoms with Crippen molar-refractivity contribution in [2.24, 2.45) is 0 Å². The van der Waals surface area contributed by atoms with Crippen LogP contribution in [0.1, 0.15) is 56.1 Å². The summed E-state index contributed by atoms with van der Waals surface area (Å²) in [6, 6.07) is 7.58. The van der Waals surface area contributed by atoms with Gasteiger partial charge in [0, 0.05) is 24.8 Å². The molecule has 1 heterocycles. The van der Waals surface area contributed by atoms with Crippen molar-refractivity contribution in [1.29, 1.82) is 0 Å². The Morgan fingerprint density at radius 3 is 2.67 bits per heavy atom. The predicted octanol–water partition coefficient (Wildman–Crippen LogP) is 2.46. The third-order valence-corrected chi connectivity index (χ3v) is 3.74. The Labute approximate surface area is 142 Å². The lowest BCUT2D eigenvalue weighted by Crippen LogP contribution is -2.28. The molecule has 0 fully saturated rings. The normalized spacial score (nSPS) is 12.9. The summed E-state index contributed by atoms with van der Waals surface area (Å²) in [4.78, 5) is 16.2. The van der Waals surface area contributed by atoms with Gasteiger partial charge in [-0.1, -0.05) is 50.2 Å². The first-order valence-electron chi connectivity index (χ1n) is 8.10. The maximum Gasteiger partial charge on any atom is 0.227 e. The first-order chi connectivity index (χ1) is 11.3. The first-order valence-corrected chi connectivity index (χ1v) is 8.10. The number of aryl methyl sites for hydroxylation is 2. The van der Waals surface area contributed by atoms with E-state index >= 15 is 0 Å². The van der Waals surface area contributed by atoms with E-state index in [1.165, 1.54) is 0 Å². The maximum atomic E-state index is 11.9. The van der Waals surface area contributed by atoms with E-state index in [-0.39, 0.29) is 24.3 Å². The van der Waals surface area contributed by atoms with Crippen LogP contribution in [0.3, 0.4) is 0 Å². The highest BCUT2D eigenvalue weighted by Gasteiger charge is 2.21. The molecule has 2 N–H and O–H groups in total. The van der Waals surface area contributed by atoms with E-state index in [0.717, 1.165) is 11.1 Å². The highest BCUT2D eigenvalue weighted by atomic mass is 16.5. The smallest absolute Gasteiger partial charge is 0.227 e. The van der Waals surface area contributed by atoms with Crippen LogP contribution in [0.5, 0.6) is 0 Å². The molecule has 1 atom stereocenters. The van der Waals surface area contributed by atoms with E-state index < -0.39 is 6.10 Å². The fourth-order valence-electron chi connectivity index (χ4n) is 2.25. The number of nitrogens with zero attached hydrogens (tertiary/aromatic N) is 2. The Morgan fingerprint density at radius 1 is 1.33 bits per heavy atom. The molecule has 0 spiro atoms. The molecule has 0 saturated carbocycles. The van der Waals surface area contributed by atoms with E-state index in [9.17, 15) is 9.90 Å². The fraction of sp³-hybridized carbons (Fsp3) is 0.500. The Bertz CT molecular complexity index is 689. The van der Waals surface area contributed by atoms with Gasteiger partial charge >= 0.3 is 0 Å². The van der Waals surface area contributed by atoms with Gasteiger partial charge in [0.05, 0.1) is 6.10 Å². The molecular formula is C18H25N3O3. The minimum atomic E-state index is -0.717. The van der Waals surface area contributed by atoms with Crippen molar-refractivity contribution in [3.8, 4) is 0 Å². The predicted molar refractivity (Wildman–Crippen MR) is 90.5 cm³/mol. The van der Waals surface area contributed by atoms with Gasteiger partial charge in [-0.15, -0.1) is 0 Å². The van der Waals surface area contributed by atoms with Crippen LogP contribution in [0.15, 0.2) is 28.8 Å². The number of carbonyl (C=O) groups is 1. The van der Waals surface area contributed by atoms with Crippen molar-refractivity contribution in [2.45, 2.75) is 52.1 Å². The number of nitrogens with one attached hydrogen (secondary N) is 1.